The Morgan fingerprint density at radius 2 is 1.88 bits per heavy atom. The van der Waals surface area contributed by atoms with Gasteiger partial charge in [-0.1, -0.05) is 12.1 Å². The van der Waals surface area contributed by atoms with Crippen molar-refractivity contribution in [3.63, 3.8) is 0 Å². The van der Waals surface area contributed by atoms with Crippen molar-refractivity contribution in [2.75, 3.05) is 0 Å². The molecular weight excluding hydrogens is 288 g/mol. The molecule has 0 aliphatic heterocycles. The Morgan fingerprint density at radius 3 is 2.44 bits per heavy atom. The maximum absolute atomic E-state index is 10.0. The predicted molar refractivity (Wildman–Crippen MR) is 68.8 cm³/mol. The number of aliphatic hydroxyl groups excluding tert-OH is 1. The zero-order valence-electron chi connectivity index (χ0n) is 8.43. The lowest BCUT2D eigenvalue weighted by atomic mass is 10.1. The van der Waals surface area contributed by atoms with Crippen molar-refractivity contribution in [3.05, 3.63) is 50.6 Å². The molecule has 0 bridgehead atoms. The SMILES string of the molecule is Oc1ccc(CC(O)c2sccc2Br)cc1. The first-order chi connectivity index (χ1) is 7.66. The second-order valence-corrected chi connectivity index (χ2v) is 5.32. The zero-order valence-corrected chi connectivity index (χ0v) is 10.8. The third kappa shape index (κ3) is 2.64. The predicted octanol–water partition coefficient (Wildman–Crippen LogP) is 3.49. The lowest BCUT2D eigenvalue weighted by molar-refractivity contribution is 0.181. The van der Waals surface area contributed by atoms with E-state index >= 15 is 0 Å². The molecule has 84 valence electrons. The fourth-order valence-electron chi connectivity index (χ4n) is 1.49. The summed E-state index contributed by atoms with van der Waals surface area (Å²) in [6, 6.07) is 8.83. The van der Waals surface area contributed by atoms with Gasteiger partial charge < -0.3 is 10.2 Å². The van der Waals surface area contributed by atoms with E-state index in [0.29, 0.717) is 6.42 Å². The number of hydrogen-bond acceptors (Lipinski definition) is 3. The summed E-state index contributed by atoms with van der Waals surface area (Å²) in [6.07, 6.45) is 0.0540. The number of aliphatic hydroxyl groups is 1. The average molecular weight is 299 g/mol. The quantitative estimate of drug-likeness (QED) is 0.910. The van der Waals surface area contributed by atoms with E-state index < -0.39 is 6.10 Å². The summed E-state index contributed by atoms with van der Waals surface area (Å²) in [6.45, 7) is 0. The van der Waals surface area contributed by atoms with Crippen LogP contribution in [0.15, 0.2) is 40.2 Å². The Hall–Kier alpha value is -0.840. The van der Waals surface area contributed by atoms with Crippen molar-refractivity contribution in [3.8, 4) is 5.75 Å². The highest BCUT2D eigenvalue weighted by Crippen LogP contribution is 2.31. The molecule has 2 aromatic rings. The van der Waals surface area contributed by atoms with Crippen molar-refractivity contribution in [2.45, 2.75) is 12.5 Å². The van der Waals surface area contributed by atoms with Crippen LogP contribution < -0.4 is 0 Å². The molecule has 1 aromatic heterocycles. The minimum atomic E-state index is -0.501. The number of phenolic OH excluding ortho intramolecular Hbond substituents is 1. The van der Waals surface area contributed by atoms with E-state index in [1.165, 1.54) is 11.3 Å². The van der Waals surface area contributed by atoms with E-state index in [-0.39, 0.29) is 5.75 Å². The molecule has 0 amide bonds. The summed E-state index contributed by atoms with van der Waals surface area (Å²) in [7, 11) is 0. The van der Waals surface area contributed by atoms with E-state index in [0.717, 1.165) is 14.9 Å². The molecule has 2 N–H and O–H groups in total. The molecule has 0 spiro atoms. The summed E-state index contributed by atoms with van der Waals surface area (Å²) in [4.78, 5) is 0.938. The van der Waals surface area contributed by atoms with Crippen LogP contribution in [0.4, 0.5) is 0 Å². The summed E-state index contributed by atoms with van der Waals surface area (Å²) in [5, 5.41) is 21.1. The van der Waals surface area contributed by atoms with Crippen LogP contribution in [0.5, 0.6) is 5.75 Å². The minimum Gasteiger partial charge on any atom is -0.508 e. The van der Waals surface area contributed by atoms with E-state index in [1.54, 1.807) is 12.1 Å². The standard InChI is InChI=1S/C12H11BrO2S/c13-10-5-6-16-12(10)11(15)7-8-1-3-9(14)4-2-8/h1-6,11,14-15H,7H2. The topological polar surface area (TPSA) is 40.5 Å². The second-order valence-electron chi connectivity index (χ2n) is 3.52. The average Bonchev–Trinajstić information content (AvgIpc) is 2.68. The van der Waals surface area contributed by atoms with Crippen LogP contribution in [0.2, 0.25) is 0 Å². The van der Waals surface area contributed by atoms with E-state index in [4.69, 9.17) is 5.11 Å². The van der Waals surface area contributed by atoms with Crippen molar-refractivity contribution < 1.29 is 10.2 Å². The minimum absolute atomic E-state index is 0.246. The first-order valence-electron chi connectivity index (χ1n) is 4.85. The van der Waals surface area contributed by atoms with Gasteiger partial charge in [0, 0.05) is 15.8 Å². The Kier molecular flexibility index (Phi) is 3.63. The van der Waals surface area contributed by atoms with Crippen LogP contribution in [-0.2, 0) is 6.42 Å². The molecule has 1 aromatic carbocycles. The van der Waals surface area contributed by atoms with Gasteiger partial charge in [-0.3, -0.25) is 0 Å². The third-order valence-electron chi connectivity index (χ3n) is 2.31. The molecule has 0 radical (unpaired) electrons. The van der Waals surface area contributed by atoms with Gasteiger partial charge in [-0.15, -0.1) is 11.3 Å². The highest BCUT2D eigenvalue weighted by molar-refractivity contribution is 9.10. The van der Waals surface area contributed by atoms with Crippen molar-refractivity contribution in [1.82, 2.24) is 0 Å². The summed E-state index contributed by atoms with van der Waals surface area (Å²) < 4.78 is 0.948. The molecule has 1 heterocycles. The molecule has 2 rings (SSSR count). The lowest BCUT2D eigenvalue weighted by Crippen LogP contribution is -1.99. The fourth-order valence-corrected chi connectivity index (χ4v) is 3.11. The maximum atomic E-state index is 10.0. The largest absolute Gasteiger partial charge is 0.508 e. The van der Waals surface area contributed by atoms with Gasteiger partial charge in [0.1, 0.15) is 5.75 Å². The molecule has 0 saturated carbocycles. The number of benzene rings is 1. The Labute approximate surface area is 106 Å². The molecular formula is C12H11BrO2S. The lowest BCUT2D eigenvalue weighted by Gasteiger charge is -2.09. The van der Waals surface area contributed by atoms with Crippen LogP contribution >= 0.6 is 27.3 Å². The first kappa shape index (κ1) is 11.6. The molecule has 16 heavy (non-hydrogen) atoms. The van der Waals surface area contributed by atoms with Crippen LogP contribution in [0.1, 0.15) is 16.5 Å². The summed E-state index contributed by atoms with van der Waals surface area (Å²) >= 11 is 4.94. The van der Waals surface area contributed by atoms with Gasteiger partial charge in [0.15, 0.2) is 0 Å². The number of rotatable bonds is 3. The fraction of sp³-hybridized carbons (Fsp3) is 0.167. The molecule has 4 heteroatoms. The highest BCUT2D eigenvalue weighted by Gasteiger charge is 2.13. The van der Waals surface area contributed by atoms with Crippen LogP contribution in [0.25, 0.3) is 0 Å². The van der Waals surface area contributed by atoms with Crippen LogP contribution in [0.3, 0.4) is 0 Å². The van der Waals surface area contributed by atoms with E-state index in [9.17, 15) is 5.11 Å². The summed E-state index contributed by atoms with van der Waals surface area (Å²) in [5.41, 5.74) is 1.01. The summed E-state index contributed by atoms with van der Waals surface area (Å²) in [5.74, 6) is 0.246. The molecule has 0 aliphatic carbocycles. The maximum Gasteiger partial charge on any atom is 0.115 e. The number of hydrogen-bond donors (Lipinski definition) is 2. The number of phenols is 1. The zero-order chi connectivity index (χ0) is 11.5. The highest BCUT2D eigenvalue weighted by atomic mass is 79.9. The molecule has 1 unspecified atom stereocenters. The molecule has 2 nitrogen and oxygen atoms in total. The number of halogens is 1. The molecule has 1 atom stereocenters. The number of thiophene rings is 1. The Balaban J connectivity index is 2.10. The van der Waals surface area contributed by atoms with Gasteiger partial charge in [0.25, 0.3) is 0 Å². The molecule has 0 saturated heterocycles. The van der Waals surface area contributed by atoms with E-state index in [2.05, 4.69) is 15.9 Å². The number of aromatic hydroxyl groups is 1. The van der Waals surface area contributed by atoms with Crippen molar-refractivity contribution in [1.29, 1.82) is 0 Å². The first-order valence-corrected chi connectivity index (χ1v) is 6.53. The Bertz CT molecular complexity index is 464. The molecule has 0 aliphatic rings. The normalized spacial score (nSPS) is 12.6. The Morgan fingerprint density at radius 1 is 1.19 bits per heavy atom. The van der Waals surface area contributed by atoms with Gasteiger partial charge in [0.05, 0.1) is 6.10 Å². The van der Waals surface area contributed by atoms with Gasteiger partial charge >= 0.3 is 0 Å². The van der Waals surface area contributed by atoms with Crippen molar-refractivity contribution >= 4 is 27.3 Å². The van der Waals surface area contributed by atoms with Crippen LogP contribution in [0, 0.1) is 0 Å². The van der Waals surface area contributed by atoms with E-state index in [1.807, 2.05) is 23.6 Å². The van der Waals surface area contributed by atoms with Gasteiger partial charge in [-0.05, 0) is 45.1 Å². The van der Waals surface area contributed by atoms with Gasteiger partial charge in [-0.2, -0.15) is 0 Å². The van der Waals surface area contributed by atoms with Gasteiger partial charge in [-0.25, -0.2) is 0 Å². The second kappa shape index (κ2) is 4.99. The molecule has 0 fully saturated rings. The smallest absolute Gasteiger partial charge is 0.115 e. The van der Waals surface area contributed by atoms with Crippen molar-refractivity contribution in [2.24, 2.45) is 0 Å². The van der Waals surface area contributed by atoms with Crippen LogP contribution in [-0.4, -0.2) is 10.2 Å². The van der Waals surface area contributed by atoms with Gasteiger partial charge in [0.2, 0.25) is 0 Å². The monoisotopic (exact) mass is 298 g/mol. The third-order valence-corrected chi connectivity index (χ3v) is 4.28.